The third-order valence-corrected chi connectivity index (χ3v) is 17.0. The minimum absolute atomic E-state index is 0.0381. The lowest BCUT2D eigenvalue weighted by Crippen LogP contribution is -2.64. The molecule has 1 aliphatic heterocycles. The minimum Gasteiger partial charge on any atom is -0.390 e. The van der Waals surface area contributed by atoms with Crippen molar-refractivity contribution in [3.63, 3.8) is 0 Å². The molecule has 1 aliphatic rings. The molecule has 1 aromatic rings. The van der Waals surface area contributed by atoms with Crippen LogP contribution in [0.25, 0.3) is 0 Å². The molecule has 0 unspecified atom stereocenters. The molecule has 0 aliphatic carbocycles. The lowest BCUT2D eigenvalue weighted by molar-refractivity contribution is -0.157. The zero-order valence-electron chi connectivity index (χ0n) is 58.7. The summed E-state index contributed by atoms with van der Waals surface area (Å²) in [5, 5.41) is 26.0. The normalized spacial score (nSPS) is 25.7. The molecule has 1 heterocycles. The van der Waals surface area contributed by atoms with Crippen LogP contribution in [0, 0.1) is 41.4 Å². The molecule has 0 bridgehead atoms. The molecule has 12 atom stereocenters. The Labute approximate surface area is 541 Å². The third kappa shape index (κ3) is 22.3. The maximum atomic E-state index is 15.3. The van der Waals surface area contributed by atoms with Crippen LogP contribution in [0.2, 0.25) is 0 Å². The fourth-order valence-electron chi connectivity index (χ4n) is 11.3. The van der Waals surface area contributed by atoms with Crippen molar-refractivity contribution >= 4 is 70.9 Å². The maximum absolute atomic E-state index is 15.3. The first kappa shape index (κ1) is 79.9. The van der Waals surface area contributed by atoms with E-state index >= 15 is 19.2 Å². The molecule has 1 fully saturated rings. The molecular formula is C66H112N12O13. The second-order valence-electron chi connectivity index (χ2n) is 27.4. The highest BCUT2D eigenvalue weighted by atomic mass is 16.3. The fourth-order valence-corrected chi connectivity index (χ4v) is 11.3. The average Bonchev–Trinajstić information content (AvgIpc) is 0.895. The molecule has 25 heteroatoms. The van der Waals surface area contributed by atoms with Crippen LogP contribution in [0.15, 0.2) is 30.3 Å². The second-order valence-corrected chi connectivity index (χ2v) is 27.4. The highest BCUT2D eigenvalue weighted by Crippen LogP contribution is 2.25. The Kier molecular flexibility index (Phi) is 31.8. The van der Waals surface area contributed by atoms with E-state index in [4.69, 9.17) is 0 Å². The van der Waals surface area contributed by atoms with Crippen LogP contribution in [0.1, 0.15) is 153 Å². The predicted octanol–water partition coefficient (Wildman–Crippen LogP) is 2.73. The number of rotatable bonds is 16. The van der Waals surface area contributed by atoms with Gasteiger partial charge in [-0.15, -0.1) is 0 Å². The van der Waals surface area contributed by atoms with E-state index in [9.17, 15) is 43.5 Å². The van der Waals surface area contributed by atoms with Gasteiger partial charge in [-0.25, -0.2) is 0 Å². The molecule has 0 saturated carbocycles. The maximum Gasteiger partial charge on any atom is 0.251 e. The summed E-state index contributed by atoms with van der Waals surface area (Å²) in [5.74, 6) is -11.1. The monoisotopic (exact) mass is 1280 g/mol. The Morgan fingerprint density at radius 2 is 0.912 bits per heavy atom. The van der Waals surface area contributed by atoms with Crippen molar-refractivity contribution in [1.29, 1.82) is 0 Å². The van der Waals surface area contributed by atoms with Gasteiger partial charge in [-0.3, -0.25) is 57.5 Å². The Morgan fingerprint density at radius 3 is 1.38 bits per heavy atom. The zero-order valence-corrected chi connectivity index (χ0v) is 58.7. The zero-order chi connectivity index (χ0) is 70.0. The number of amides is 12. The van der Waals surface area contributed by atoms with Gasteiger partial charge in [-0.1, -0.05) is 115 Å². The van der Waals surface area contributed by atoms with Crippen LogP contribution in [0.3, 0.4) is 0 Å². The van der Waals surface area contributed by atoms with Gasteiger partial charge >= 0.3 is 0 Å². The molecule has 2 rings (SSSR count). The molecule has 25 nitrogen and oxygen atoms in total. The predicted molar refractivity (Wildman–Crippen MR) is 348 cm³/mol. The summed E-state index contributed by atoms with van der Waals surface area (Å²) < 4.78 is 0. The first-order valence-electron chi connectivity index (χ1n) is 32.2. The highest BCUT2D eigenvalue weighted by Gasteiger charge is 2.46. The number of benzene rings is 1. The van der Waals surface area contributed by atoms with E-state index in [1.807, 2.05) is 55.4 Å². The van der Waals surface area contributed by atoms with E-state index < -0.39 is 162 Å². The lowest BCUT2D eigenvalue weighted by atomic mass is 9.93. The molecule has 514 valence electrons. The van der Waals surface area contributed by atoms with E-state index in [-0.39, 0.29) is 62.3 Å². The number of carbonyl (C=O) groups excluding carboxylic acids is 12. The molecule has 0 spiro atoms. The molecule has 1 aromatic carbocycles. The summed E-state index contributed by atoms with van der Waals surface area (Å²) in [5.41, 5.74) is 0.331. The largest absolute Gasteiger partial charge is 0.390 e. The highest BCUT2D eigenvalue weighted by molar-refractivity contribution is 6.00. The van der Waals surface area contributed by atoms with Crippen LogP contribution in [-0.4, -0.2) is 239 Å². The number of aliphatic hydroxyl groups excluding tert-OH is 1. The quantitative estimate of drug-likeness (QED) is 0.139. The topological polar surface area (TPSA) is 308 Å². The smallest absolute Gasteiger partial charge is 0.251 e. The van der Waals surface area contributed by atoms with E-state index in [1.54, 1.807) is 71.9 Å². The summed E-state index contributed by atoms with van der Waals surface area (Å²) in [4.78, 5) is 183. The van der Waals surface area contributed by atoms with Gasteiger partial charge in [-0.2, -0.15) is 0 Å². The number of carbonyl (C=O) groups is 12. The van der Waals surface area contributed by atoms with Crippen LogP contribution in [-0.2, 0) is 52.7 Å². The number of hydrogen-bond acceptors (Lipinski definition) is 13. The van der Waals surface area contributed by atoms with Gasteiger partial charge in [0.15, 0.2) is 0 Å². The van der Waals surface area contributed by atoms with Gasteiger partial charge in [0.1, 0.15) is 60.4 Å². The molecule has 0 radical (unpaired) electrons. The van der Waals surface area contributed by atoms with Gasteiger partial charge < -0.3 is 66.0 Å². The standard InChI is InChI=1S/C66H112N12O13/c1-24-46-62(87)72(17)35-51(79)73(18)47(30-36(2)3)59(84)71-52(40(10)11)65(90)74(19)48(31-37(4)5)58(83)68-43(15)56(81)69-44(16)61(86)75(20)49(32-38(6)7)63(88)76(21)50(33-39(8)9)64(89)77(22)53(41(12)13)66(91)78(23)54(60(85)70-46)55(80)42(14)34-67-57(82)45-28-26-25-27-29-45/h25-29,36-44,46-50,52-55,80H,24,30-35H2,1-23H3,(H,67,82)(H,68,83)(H,69,81)(H,70,85)(H,71,84)/t42-,43+,44-,46+,47+,48+,49+,50+,52+,53+,54+,55-/m1/s1. The van der Waals surface area contributed by atoms with Crippen LogP contribution in [0.4, 0.5) is 0 Å². The summed E-state index contributed by atoms with van der Waals surface area (Å²) in [6.45, 7) is 26.9. The van der Waals surface area contributed by atoms with Gasteiger partial charge in [0.2, 0.25) is 65.0 Å². The molecule has 91 heavy (non-hydrogen) atoms. The van der Waals surface area contributed by atoms with Gasteiger partial charge in [0.05, 0.1) is 12.6 Å². The Morgan fingerprint density at radius 1 is 0.484 bits per heavy atom. The Hall–Kier alpha value is -7.18. The van der Waals surface area contributed by atoms with Crippen molar-refractivity contribution in [2.24, 2.45) is 41.4 Å². The molecule has 0 aromatic heterocycles. The van der Waals surface area contributed by atoms with Crippen LogP contribution in [0.5, 0.6) is 0 Å². The Bertz CT molecular complexity index is 2670. The minimum atomic E-state index is -1.77. The second kappa shape index (κ2) is 36.2. The Balaban J connectivity index is 2.99. The first-order valence-corrected chi connectivity index (χ1v) is 32.2. The SMILES string of the molecule is CC[C@@H]1NC(=O)[C@H]([C@H](O)[C@H](C)CNC(=O)c2ccccc2)N(C)C(=O)[C@H](C(C)C)N(C)C(=O)[C@H](CC(C)C)N(C)C(=O)[C@H](CC(C)C)N(C)C(=O)[C@@H](C)NC(=O)[C@H](C)NC(=O)[C@H](CC(C)C)N(C)C(=O)[C@H](C(C)C)NC(=O)[C@H](CC(C)C)N(C)C(=O)CN(C)C1=O. The van der Waals surface area contributed by atoms with E-state index in [1.165, 1.54) is 87.7 Å². The number of nitrogens with zero attached hydrogens (tertiary/aromatic N) is 7. The van der Waals surface area contributed by atoms with Gasteiger partial charge in [0.25, 0.3) is 5.91 Å². The van der Waals surface area contributed by atoms with Crippen LogP contribution >= 0.6 is 0 Å². The van der Waals surface area contributed by atoms with Crippen molar-refractivity contribution in [3.8, 4) is 0 Å². The number of hydrogen-bond donors (Lipinski definition) is 6. The fraction of sp³-hybridized carbons (Fsp3) is 0.727. The van der Waals surface area contributed by atoms with Crippen molar-refractivity contribution in [2.45, 2.75) is 209 Å². The number of nitrogens with one attached hydrogen (secondary N) is 5. The van der Waals surface area contributed by atoms with Gasteiger partial charge in [-0.05, 0) is 93.6 Å². The van der Waals surface area contributed by atoms with E-state index in [0.29, 0.717) is 5.56 Å². The molecular weight excluding hydrogens is 1170 g/mol. The van der Waals surface area contributed by atoms with E-state index in [0.717, 1.165) is 9.80 Å². The summed E-state index contributed by atoms with van der Waals surface area (Å²) in [6, 6.07) is -4.54. The van der Waals surface area contributed by atoms with Gasteiger partial charge in [0, 0.05) is 67.4 Å². The molecule has 6 N–H and O–H groups in total. The summed E-state index contributed by atoms with van der Waals surface area (Å²) >= 11 is 0. The molecule has 1 saturated heterocycles. The van der Waals surface area contributed by atoms with Crippen molar-refractivity contribution in [1.82, 2.24) is 60.9 Å². The number of aliphatic hydroxyl groups is 1. The third-order valence-electron chi connectivity index (χ3n) is 17.0. The van der Waals surface area contributed by atoms with E-state index in [2.05, 4.69) is 26.6 Å². The van der Waals surface area contributed by atoms with Crippen molar-refractivity contribution in [2.75, 3.05) is 62.4 Å². The van der Waals surface area contributed by atoms with Crippen molar-refractivity contribution < 1.29 is 62.6 Å². The first-order chi connectivity index (χ1) is 42.1. The van der Waals surface area contributed by atoms with Crippen molar-refractivity contribution in [3.05, 3.63) is 35.9 Å². The summed E-state index contributed by atoms with van der Waals surface area (Å²) in [6.07, 6.45) is -1.25. The van der Waals surface area contributed by atoms with Crippen LogP contribution < -0.4 is 26.6 Å². The summed E-state index contributed by atoms with van der Waals surface area (Å²) in [7, 11) is 9.72. The lowest BCUT2D eigenvalue weighted by Gasteiger charge is -2.41. The number of likely N-dealkylation sites (N-methyl/N-ethyl adjacent to an activating group) is 7. The average molecular weight is 1280 g/mol. The molecule has 12 amide bonds.